The maximum atomic E-state index is 10.8. The molecule has 76 valence electrons. The first-order valence-corrected chi connectivity index (χ1v) is 4.39. The number of carboxylic acids is 1. The number of nitrogens with two attached hydrogens (primary N) is 2. The van der Waals surface area contributed by atoms with Crippen LogP contribution < -0.4 is 11.5 Å². The van der Waals surface area contributed by atoms with Crippen molar-refractivity contribution in [2.45, 2.75) is 13.0 Å². The summed E-state index contributed by atoms with van der Waals surface area (Å²) in [7, 11) is 0. The Labute approximate surface area is 86.5 Å². The maximum Gasteiger partial charge on any atom is 0.337 e. The van der Waals surface area contributed by atoms with Crippen molar-refractivity contribution >= 4 is 23.3 Å². The van der Waals surface area contributed by atoms with Crippen LogP contribution in [-0.4, -0.2) is 11.1 Å². The molecule has 0 amide bonds. The van der Waals surface area contributed by atoms with E-state index in [4.69, 9.17) is 28.2 Å². The highest BCUT2D eigenvalue weighted by Gasteiger charge is 2.15. The van der Waals surface area contributed by atoms with Gasteiger partial charge in [0.25, 0.3) is 0 Å². The van der Waals surface area contributed by atoms with Gasteiger partial charge in [0, 0.05) is 11.1 Å². The summed E-state index contributed by atoms with van der Waals surface area (Å²) in [5.74, 6) is -1.10. The molecule has 0 aliphatic carbocycles. The molecule has 0 heterocycles. The SMILES string of the molecule is C[C@H](N)c1cc(Cl)cc(C(=O)O)c1N. The van der Waals surface area contributed by atoms with Crippen molar-refractivity contribution in [3.8, 4) is 0 Å². The number of aromatic carboxylic acids is 1. The first-order chi connectivity index (χ1) is 6.43. The third-order valence-corrected chi connectivity index (χ3v) is 2.12. The fourth-order valence-corrected chi connectivity index (χ4v) is 1.42. The Hall–Kier alpha value is -1.26. The average molecular weight is 215 g/mol. The zero-order valence-corrected chi connectivity index (χ0v) is 8.38. The van der Waals surface area contributed by atoms with Crippen molar-refractivity contribution in [1.82, 2.24) is 0 Å². The van der Waals surface area contributed by atoms with Gasteiger partial charge in [-0.1, -0.05) is 11.6 Å². The van der Waals surface area contributed by atoms with E-state index in [0.717, 1.165) is 0 Å². The lowest BCUT2D eigenvalue weighted by Gasteiger charge is -2.12. The van der Waals surface area contributed by atoms with Gasteiger partial charge in [-0.2, -0.15) is 0 Å². The summed E-state index contributed by atoms with van der Waals surface area (Å²) < 4.78 is 0. The monoisotopic (exact) mass is 214 g/mol. The van der Waals surface area contributed by atoms with Crippen molar-refractivity contribution in [3.63, 3.8) is 0 Å². The van der Waals surface area contributed by atoms with Gasteiger partial charge < -0.3 is 16.6 Å². The van der Waals surface area contributed by atoms with Gasteiger partial charge >= 0.3 is 5.97 Å². The van der Waals surface area contributed by atoms with Crippen LogP contribution in [0.2, 0.25) is 5.02 Å². The molecule has 1 atom stereocenters. The number of carbonyl (C=O) groups is 1. The predicted octanol–water partition coefficient (Wildman–Crippen LogP) is 1.64. The largest absolute Gasteiger partial charge is 0.478 e. The van der Waals surface area contributed by atoms with Crippen LogP contribution in [0.1, 0.15) is 28.9 Å². The number of carboxylic acid groups (broad SMARTS) is 1. The fourth-order valence-electron chi connectivity index (χ4n) is 1.19. The Balaban J connectivity index is 3.40. The third kappa shape index (κ3) is 1.97. The molecular weight excluding hydrogens is 204 g/mol. The van der Waals surface area contributed by atoms with Gasteiger partial charge in [0.05, 0.1) is 11.3 Å². The van der Waals surface area contributed by atoms with E-state index in [9.17, 15) is 4.79 Å². The van der Waals surface area contributed by atoms with Gasteiger partial charge in [0.15, 0.2) is 0 Å². The summed E-state index contributed by atoms with van der Waals surface area (Å²) in [6, 6.07) is 2.55. The third-order valence-electron chi connectivity index (χ3n) is 1.90. The topological polar surface area (TPSA) is 89.3 Å². The summed E-state index contributed by atoms with van der Waals surface area (Å²) >= 11 is 5.74. The van der Waals surface area contributed by atoms with Crippen molar-refractivity contribution in [2.75, 3.05) is 5.73 Å². The van der Waals surface area contributed by atoms with Crippen molar-refractivity contribution in [1.29, 1.82) is 0 Å². The van der Waals surface area contributed by atoms with Crippen LogP contribution in [0.3, 0.4) is 0 Å². The van der Waals surface area contributed by atoms with E-state index in [0.29, 0.717) is 10.6 Å². The zero-order chi connectivity index (χ0) is 10.9. The molecule has 0 aliphatic rings. The van der Waals surface area contributed by atoms with E-state index >= 15 is 0 Å². The minimum atomic E-state index is -1.10. The second kappa shape index (κ2) is 3.86. The highest BCUT2D eigenvalue weighted by molar-refractivity contribution is 6.31. The second-order valence-corrected chi connectivity index (χ2v) is 3.49. The minimum Gasteiger partial charge on any atom is -0.478 e. The van der Waals surface area contributed by atoms with Gasteiger partial charge in [-0.25, -0.2) is 4.79 Å². The van der Waals surface area contributed by atoms with Crippen LogP contribution in [-0.2, 0) is 0 Å². The molecule has 0 bridgehead atoms. The Morgan fingerprint density at radius 1 is 1.57 bits per heavy atom. The van der Waals surface area contributed by atoms with Crippen LogP contribution in [0.25, 0.3) is 0 Å². The molecule has 14 heavy (non-hydrogen) atoms. The molecule has 0 aromatic heterocycles. The van der Waals surface area contributed by atoms with Gasteiger partial charge in [0.1, 0.15) is 0 Å². The van der Waals surface area contributed by atoms with Crippen molar-refractivity contribution < 1.29 is 9.90 Å². The molecule has 1 aromatic carbocycles. The van der Waals surface area contributed by atoms with E-state index in [-0.39, 0.29) is 17.3 Å². The molecule has 5 N–H and O–H groups in total. The first kappa shape index (κ1) is 10.8. The summed E-state index contributed by atoms with van der Waals surface area (Å²) in [6.07, 6.45) is 0. The molecule has 0 unspecified atom stereocenters. The van der Waals surface area contributed by atoms with Crippen LogP contribution >= 0.6 is 11.6 Å². The number of rotatable bonds is 2. The van der Waals surface area contributed by atoms with Gasteiger partial charge in [0.2, 0.25) is 0 Å². The summed E-state index contributed by atoms with van der Waals surface area (Å²) in [5, 5.41) is 9.14. The molecule has 4 nitrogen and oxygen atoms in total. The molecular formula is C9H11ClN2O2. The van der Waals surface area contributed by atoms with Gasteiger partial charge in [-0.3, -0.25) is 0 Å². The van der Waals surface area contributed by atoms with E-state index in [2.05, 4.69) is 0 Å². The standard InChI is InChI=1S/C9H11ClN2O2/c1-4(11)6-2-5(10)3-7(8(6)12)9(13)14/h2-4H,11-12H2,1H3,(H,13,14)/t4-/m0/s1. The molecule has 0 fully saturated rings. The maximum absolute atomic E-state index is 10.8. The quantitative estimate of drug-likeness (QED) is 0.653. The molecule has 0 spiro atoms. The lowest BCUT2D eigenvalue weighted by molar-refractivity contribution is 0.0698. The average Bonchev–Trinajstić information content (AvgIpc) is 2.07. The normalized spacial score (nSPS) is 12.5. The fraction of sp³-hybridized carbons (Fsp3) is 0.222. The highest BCUT2D eigenvalue weighted by Crippen LogP contribution is 2.27. The Morgan fingerprint density at radius 3 is 2.57 bits per heavy atom. The molecule has 1 aromatic rings. The van der Waals surface area contributed by atoms with Crippen LogP contribution in [0.4, 0.5) is 5.69 Å². The van der Waals surface area contributed by atoms with Crippen LogP contribution in [0.5, 0.6) is 0 Å². The lowest BCUT2D eigenvalue weighted by Crippen LogP contribution is -2.12. The number of halogens is 1. The smallest absolute Gasteiger partial charge is 0.337 e. The predicted molar refractivity (Wildman–Crippen MR) is 55.4 cm³/mol. The summed E-state index contributed by atoms with van der Waals surface area (Å²) in [6.45, 7) is 1.72. The van der Waals surface area contributed by atoms with E-state index in [1.165, 1.54) is 6.07 Å². The van der Waals surface area contributed by atoms with Crippen LogP contribution in [0, 0.1) is 0 Å². The second-order valence-electron chi connectivity index (χ2n) is 3.05. The van der Waals surface area contributed by atoms with E-state index in [1.54, 1.807) is 13.0 Å². The number of nitrogen functional groups attached to an aromatic ring is 1. The molecule has 0 saturated carbocycles. The Bertz CT molecular complexity index is 377. The Morgan fingerprint density at radius 2 is 2.14 bits per heavy atom. The number of benzene rings is 1. The van der Waals surface area contributed by atoms with Crippen molar-refractivity contribution in [3.05, 3.63) is 28.3 Å². The molecule has 5 heteroatoms. The molecule has 0 radical (unpaired) electrons. The summed E-state index contributed by atoms with van der Waals surface area (Å²) in [5.41, 5.74) is 12.0. The first-order valence-electron chi connectivity index (χ1n) is 4.01. The Kier molecular flexibility index (Phi) is 2.98. The lowest BCUT2D eigenvalue weighted by atomic mass is 10.0. The highest BCUT2D eigenvalue weighted by atomic mass is 35.5. The minimum absolute atomic E-state index is 0.00944. The number of hydrogen-bond donors (Lipinski definition) is 3. The molecule has 0 aliphatic heterocycles. The van der Waals surface area contributed by atoms with E-state index < -0.39 is 5.97 Å². The van der Waals surface area contributed by atoms with Gasteiger partial charge in [-0.15, -0.1) is 0 Å². The van der Waals surface area contributed by atoms with Crippen LogP contribution in [0.15, 0.2) is 12.1 Å². The molecule has 1 rings (SSSR count). The number of anilines is 1. The summed E-state index contributed by atoms with van der Waals surface area (Å²) in [4.78, 5) is 10.8. The van der Waals surface area contributed by atoms with Gasteiger partial charge in [-0.05, 0) is 24.6 Å². The zero-order valence-electron chi connectivity index (χ0n) is 7.62. The molecule has 0 saturated heterocycles. The number of hydrogen-bond acceptors (Lipinski definition) is 3. The van der Waals surface area contributed by atoms with Crippen molar-refractivity contribution in [2.24, 2.45) is 5.73 Å². The van der Waals surface area contributed by atoms with E-state index in [1.807, 2.05) is 0 Å².